The molecule has 1 nitrogen and oxygen atoms in total. The average Bonchev–Trinajstić information content (AvgIpc) is 2.48. The topological polar surface area (TPSA) is 9.23 Å². The monoisotopic (exact) mass is 396 g/mol. The minimum atomic E-state index is 0.273. The fourth-order valence-electron chi connectivity index (χ4n) is 2.39. The molecule has 106 valence electrons. The van der Waals surface area contributed by atoms with Crippen molar-refractivity contribution < 1.29 is 4.74 Å². The zero-order chi connectivity index (χ0) is 14.5. The van der Waals surface area contributed by atoms with Gasteiger partial charge < -0.3 is 4.74 Å². The lowest BCUT2D eigenvalue weighted by Gasteiger charge is -2.23. The Kier molecular flexibility index (Phi) is 5.67. The van der Waals surface area contributed by atoms with E-state index in [4.69, 9.17) is 4.74 Å². The number of ether oxygens (including phenoxy) is 1. The summed E-state index contributed by atoms with van der Waals surface area (Å²) in [7, 11) is 1.69. The van der Waals surface area contributed by atoms with Crippen molar-refractivity contribution >= 4 is 31.9 Å². The molecule has 2 rings (SSSR count). The summed E-state index contributed by atoms with van der Waals surface area (Å²) in [5.74, 6) is 1.31. The molecule has 0 saturated heterocycles. The van der Waals surface area contributed by atoms with Gasteiger partial charge in [-0.15, -0.1) is 0 Å². The zero-order valence-corrected chi connectivity index (χ0v) is 14.8. The molecule has 0 aliphatic rings. The lowest BCUT2D eigenvalue weighted by atomic mass is 9.90. The summed E-state index contributed by atoms with van der Waals surface area (Å²) >= 11 is 7.52. The predicted molar refractivity (Wildman–Crippen MR) is 91.8 cm³/mol. The van der Waals surface area contributed by atoms with Crippen molar-refractivity contribution in [2.45, 2.75) is 24.1 Å². The van der Waals surface area contributed by atoms with E-state index in [0.29, 0.717) is 5.92 Å². The van der Waals surface area contributed by atoms with Crippen molar-refractivity contribution in [2.75, 3.05) is 7.11 Å². The van der Waals surface area contributed by atoms with E-state index >= 15 is 0 Å². The highest BCUT2D eigenvalue weighted by Gasteiger charge is 2.22. The molecular weight excluding hydrogens is 380 g/mol. The summed E-state index contributed by atoms with van der Waals surface area (Å²) < 4.78 is 6.33. The maximum Gasteiger partial charge on any atom is 0.120 e. The molecule has 2 unspecified atom stereocenters. The highest BCUT2D eigenvalue weighted by atomic mass is 79.9. The number of hydrogen-bond acceptors (Lipinski definition) is 1. The van der Waals surface area contributed by atoms with Gasteiger partial charge in [-0.3, -0.25) is 0 Å². The summed E-state index contributed by atoms with van der Waals surface area (Å²) in [4.78, 5) is 0.273. The molecule has 0 saturated carbocycles. The Morgan fingerprint density at radius 1 is 1.10 bits per heavy atom. The van der Waals surface area contributed by atoms with Gasteiger partial charge in [-0.05, 0) is 29.7 Å². The molecule has 0 aliphatic heterocycles. The highest BCUT2D eigenvalue weighted by Crippen LogP contribution is 2.43. The summed E-state index contributed by atoms with van der Waals surface area (Å²) in [6.07, 6.45) is 1.08. The minimum absolute atomic E-state index is 0.273. The van der Waals surface area contributed by atoms with Crippen LogP contribution in [0.4, 0.5) is 0 Å². The molecule has 0 bridgehead atoms. The Balaban J connectivity index is 2.31. The van der Waals surface area contributed by atoms with Gasteiger partial charge >= 0.3 is 0 Å². The molecule has 0 fully saturated rings. The first kappa shape index (κ1) is 15.6. The summed E-state index contributed by atoms with van der Waals surface area (Å²) in [5.41, 5.74) is 2.61. The van der Waals surface area contributed by atoms with Crippen LogP contribution in [-0.2, 0) is 0 Å². The third-order valence-corrected chi connectivity index (χ3v) is 5.34. The van der Waals surface area contributed by atoms with Crippen LogP contribution in [0.25, 0.3) is 0 Å². The van der Waals surface area contributed by atoms with E-state index in [1.807, 2.05) is 12.1 Å². The average molecular weight is 398 g/mol. The number of alkyl halides is 1. The summed E-state index contributed by atoms with van der Waals surface area (Å²) in [5, 5.41) is 0. The van der Waals surface area contributed by atoms with Gasteiger partial charge in [0, 0.05) is 15.2 Å². The van der Waals surface area contributed by atoms with Gasteiger partial charge in [0.2, 0.25) is 0 Å². The van der Waals surface area contributed by atoms with E-state index < -0.39 is 0 Å². The van der Waals surface area contributed by atoms with Gasteiger partial charge in [0.05, 0.1) is 7.11 Å². The van der Waals surface area contributed by atoms with Crippen molar-refractivity contribution in [1.82, 2.24) is 0 Å². The molecule has 0 heterocycles. The van der Waals surface area contributed by atoms with Gasteiger partial charge in [-0.25, -0.2) is 0 Å². The molecule has 2 aromatic carbocycles. The molecule has 0 spiro atoms. The second-order valence-corrected chi connectivity index (χ2v) is 6.56. The Labute approximate surface area is 137 Å². The van der Waals surface area contributed by atoms with Gasteiger partial charge in [0.1, 0.15) is 5.75 Å². The van der Waals surface area contributed by atoms with E-state index in [0.717, 1.165) is 16.6 Å². The van der Waals surface area contributed by atoms with Crippen LogP contribution in [0.2, 0.25) is 0 Å². The highest BCUT2D eigenvalue weighted by molar-refractivity contribution is 9.11. The third kappa shape index (κ3) is 3.44. The minimum Gasteiger partial charge on any atom is -0.497 e. The molecule has 2 aromatic rings. The molecule has 0 N–H and O–H groups in total. The lowest BCUT2D eigenvalue weighted by Crippen LogP contribution is -2.06. The molecule has 0 radical (unpaired) electrons. The number of benzene rings is 2. The van der Waals surface area contributed by atoms with Gasteiger partial charge in [0.15, 0.2) is 0 Å². The van der Waals surface area contributed by atoms with Crippen LogP contribution in [0, 0.1) is 0 Å². The van der Waals surface area contributed by atoms with E-state index in [1.165, 1.54) is 11.1 Å². The molecule has 0 aliphatic carbocycles. The first-order valence-electron chi connectivity index (χ1n) is 6.69. The molecule has 0 amide bonds. The maximum atomic E-state index is 5.26. The zero-order valence-electron chi connectivity index (χ0n) is 11.6. The largest absolute Gasteiger partial charge is 0.497 e. The normalized spacial score (nSPS) is 13.8. The SMILES string of the molecule is CCC(c1ccccc1)C(Br)c1ccc(OC)cc1Br. The molecular formula is C17H18Br2O. The number of methoxy groups -OCH3 is 1. The van der Waals surface area contributed by atoms with Crippen molar-refractivity contribution in [3.63, 3.8) is 0 Å². The Bertz CT molecular complexity index is 554. The van der Waals surface area contributed by atoms with E-state index in [9.17, 15) is 0 Å². The van der Waals surface area contributed by atoms with Crippen LogP contribution in [0.1, 0.15) is 35.2 Å². The summed E-state index contributed by atoms with van der Waals surface area (Å²) in [6, 6.07) is 16.8. The Morgan fingerprint density at radius 2 is 1.80 bits per heavy atom. The quantitative estimate of drug-likeness (QED) is 0.554. The summed E-state index contributed by atoms with van der Waals surface area (Å²) in [6.45, 7) is 2.23. The number of rotatable bonds is 5. The van der Waals surface area contributed by atoms with Gasteiger partial charge in [-0.2, -0.15) is 0 Å². The van der Waals surface area contributed by atoms with Crippen molar-refractivity contribution in [3.8, 4) is 5.75 Å². The first-order valence-corrected chi connectivity index (χ1v) is 8.40. The van der Waals surface area contributed by atoms with Crippen LogP contribution in [0.3, 0.4) is 0 Å². The van der Waals surface area contributed by atoms with Gasteiger partial charge in [0.25, 0.3) is 0 Å². The van der Waals surface area contributed by atoms with Crippen LogP contribution in [0.5, 0.6) is 5.75 Å². The van der Waals surface area contributed by atoms with Crippen molar-refractivity contribution in [2.24, 2.45) is 0 Å². The second-order valence-electron chi connectivity index (χ2n) is 4.71. The first-order chi connectivity index (χ1) is 9.67. The second kappa shape index (κ2) is 7.28. The lowest BCUT2D eigenvalue weighted by molar-refractivity contribution is 0.414. The Morgan fingerprint density at radius 3 is 2.35 bits per heavy atom. The molecule has 3 heteroatoms. The molecule has 0 aromatic heterocycles. The van der Waals surface area contributed by atoms with E-state index in [-0.39, 0.29) is 4.83 Å². The van der Waals surface area contributed by atoms with E-state index in [1.54, 1.807) is 7.11 Å². The van der Waals surface area contributed by atoms with Crippen LogP contribution in [-0.4, -0.2) is 7.11 Å². The van der Waals surface area contributed by atoms with Crippen LogP contribution in [0.15, 0.2) is 53.0 Å². The number of halogens is 2. The van der Waals surface area contributed by atoms with Crippen LogP contribution >= 0.6 is 31.9 Å². The van der Waals surface area contributed by atoms with Crippen molar-refractivity contribution in [1.29, 1.82) is 0 Å². The van der Waals surface area contributed by atoms with Gasteiger partial charge in [-0.1, -0.05) is 75.2 Å². The fraction of sp³-hybridized carbons (Fsp3) is 0.294. The fourth-order valence-corrected chi connectivity index (χ4v) is 4.38. The van der Waals surface area contributed by atoms with Crippen LogP contribution < -0.4 is 4.74 Å². The molecule has 2 atom stereocenters. The van der Waals surface area contributed by atoms with E-state index in [2.05, 4.69) is 75.2 Å². The standard InChI is InChI=1S/C17H18Br2O/c1-3-14(12-7-5-4-6-8-12)17(19)15-10-9-13(20-2)11-16(15)18/h4-11,14,17H,3H2,1-2H3. The predicted octanol–water partition coefficient (Wildman–Crippen LogP) is 6.09. The smallest absolute Gasteiger partial charge is 0.120 e. The Hall–Kier alpha value is -0.800. The maximum absolute atomic E-state index is 5.26. The third-order valence-electron chi connectivity index (χ3n) is 3.53. The molecule has 20 heavy (non-hydrogen) atoms. The number of hydrogen-bond donors (Lipinski definition) is 0. The van der Waals surface area contributed by atoms with Crippen molar-refractivity contribution in [3.05, 3.63) is 64.1 Å².